The summed E-state index contributed by atoms with van der Waals surface area (Å²) in [7, 11) is 0. The summed E-state index contributed by atoms with van der Waals surface area (Å²) in [5, 5.41) is 0. The van der Waals surface area contributed by atoms with Crippen molar-refractivity contribution in [1.29, 1.82) is 0 Å². The molecule has 5 heteroatoms. The first-order chi connectivity index (χ1) is 9.56. The number of likely N-dealkylation sites (tertiary alicyclic amines) is 1. The van der Waals surface area contributed by atoms with Crippen LogP contribution < -0.4 is 5.73 Å². The quantitative estimate of drug-likeness (QED) is 0.916. The minimum absolute atomic E-state index is 0.0135. The highest BCUT2D eigenvalue weighted by molar-refractivity contribution is 9.10. The van der Waals surface area contributed by atoms with Gasteiger partial charge < -0.3 is 10.6 Å². The Morgan fingerprint density at radius 3 is 2.95 bits per heavy atom. The maximum absolute atomic E-state index is 13.8. The average Bonchev–Trinajstić information content (AvgIpc) is 2.48. The van der Waals surface area contributed by atoms with E-state index >= 15 is 0 Å². The van der Waals surface area contributed by atoms with Gasteiger partial charge in [0.05, 0.1) is 5.56 Å². The molecule has 2 rings (SSSR count). The molecule has 110 valence electrons. The maximum atomic E-state index is 13.8. The van der Waals surface area contributed by atoms with E-state index in [1.807, 2.05) is 0 Å². The summed E-state index contributed by atoms with van der Waals surface area (Å²) in [5.41, 5.74) is 5.92. The van der Waals surface area contributed by atoms with Crippen LogP contribution in [0.2, 0.25) is 0 Å². The molecule has 1 saturated heterocycles. The average molecular weight is 343 g/mol. The van der Waals surface area contributed by atoms with Crippen LogP contribution in [0.4, 0.5) is 4.39 Å². The lowest BCUT2D eigenvalue weighted by Crippen LogP contribution is -2.49. The van der Waals surface area contributed by atoms with Crippen LogP contribution >= 0.6 is 15.9 Å². The van der Waals surface area contributed by atoms with Gasteiger partial charge in [0.15, 0.2) is 0 Å². The van der Waals surface area contributed by atoms with Gasteiger partial charge in [0.1, 0.15) is 5.82 Å². The summed E-state index contributed by atoms with van der Waals surface area (Å²) in [6.45, 7) is 3.24. The third-order valence-electron chi connectivity index (χ3n) is 4.09. The first kappa shape index (κ1) is 15.4. The molecule has 0 saturated carbocycles. The van der Waals surface area contributed by atoms with Crippen molar-refractivity contribution in [2.75, 3.05) is 13.1 Å². The second-order valence-corrected chi connectivity index (χ2v) is 6.23. The fourth-order valence-electron chi connectivity index (χ4n) is 2.81. The summed E-state index contributed by atoms with van der Waals surface area (Å²) in [5.74, 6) is -0.125. The molecule has 1 aromatic rings. The van der Waals surface area contributed by atoms with Crippen LogP contribution in [0.1, 0.15) is 36.5 Å². The van der Waals surface area contributed by atoms with Crippen LogP contribution in [0.25, 0.3) is 0 Å². The van der Waals surface area contributed by atoms with E-state index in [9.17, 15) is 9.18 Å². The highest BCUT2D eigenvalue weighted by atomic mass is 79.9. The molecule has 1 heterocycles. The smallest absolute Gasteiger partial charge is 0.257 e. The van der Waals surface area contributed by atoms with Crippen molar-refractivity contribution in [3.8, 4) is 0 Å². The van der Waals surface area contributed by atoms with Crippen molar-refractivity contribution >= 4 is 21.8 Å². The molecule has 20 heavy (non-hydrogen) atoms. The Kier molecular flexibility index (Phi) is 5.16. The SMILES string of the molecule is CCC1CCN(C(=O)c2cc(Br)ccc2F)C(CN)C1. The summed E-state index contributed by atoms with van der Waals surface area (Å²) in [6.07, 6.45) is 2.98. The Balaban J connectivity index is 2.21. The van der Waals surface area contributed by atoms with E-state index in [0.717, 1.165) is 19.3 Å². The van der Waals surface area contributed by atoms with Gasteiger partial charge in [-0.05, 0) is 37.0 Å². The van der Waals surface area contributed by atoms with Crippen molar-refractivity contribution in [2.45, 2.75) is 32.2 Å². The van der Waals surface area contributed by atoms with E-state index in [1.54, 1.807) is 11.0 Å². The van der Waals surface area contributed by atoms with E-state index in [1.165, 1.54) is 12.1 Å². The number of amides is 1. The van der Waals surface area contributed by atoms with Crippen molar-refractivity contribution in [2.24, 2.45) is 11.7 Å². The highest BCUT2D eigenvalue weighted by Crippen LogP contribution is 2.27. The minimum atomic E-state index is -0.480. The standard InChI is InChI=1S/C15H20BrFN2O/c1-2-10-5-6-19(12(7-10)9-18)15(20)13-8-11(16)3-4-14(13)17/h3-4,8,10,12H,2,5-7,9,18H2,1H3. The molecule has 0 aromatic heterocycles. The third-order valence-corrected chi connectivity index (χ3v) is 4.59. The van der Waals surface area contributed by atoms with Crippen LogP contribution in [-0.2, 0) is 0 Å². The lowest BCUT2D eigenvalue weighted by Gasteiger charge is -2.39. The maximum Gasteiger partial charge on any atom is 0.257 e. The largest absolute Gasteiger partial charge is 0.334 e. The molecule has 2 unspecified atom stereocenters. The Morgan fingerprint density at radius 1 is 1.55 bits per heavy atom. The lowest BCUT2D eigenvalue weighted by atomic mass is 9.88. The number of rotatable bonds is 3. The molecular weight excluding hydrogens is 323 g/mol. The number of nitrogens with two attached hydrogens (primary N) is 1. The van der Waals surface area contributed by atoms with Crippen LogP contribution in [0.5, 0.6) is 0 Å². The Morgan fingerprint density at radius 2 is 2.30 bits per heavy atom. The fraction of sp³-hybridized carbons (Fsp3) is 0.533. The number of halogens is 2. The number of nitrogens with zero attached hydrogens (tertiary/aromatic N) is 1. The van der Waals surface area contributed by atoms with E-state index in [-0.39, 0.29) is 17.5 Å². The van der Waals surface area contributed by atoms with Crippen molar-refractivity contribution in [1.82, 2.24) is 4.90 Å². The molecule has 0 spiro atoms. The first-order valence-corrected chi connectivity index (χ1v) is 7.82. The van der Waals surface area contributed by atoms with Crippen LogP contribution in [0.3, 0.4) is 0 Å². The Bertz CT molecular complexity index is 495. The lowest BCUT2D eigenvalue weighted by molar-refractivity contribution is 0.0554. The summed E-state index contributed by atoms with van der Waals surface area (Å²) in [6, 6.07) is 4.46. The fourth-order valence-corrected chi connectivity index (χ4v) is 3.17. The molecule has 1 aromatic carbocycles. The molecule has 1 fully saturated rings. The molecule has 0 aliphatic carbocycles. The zero-order valence-electron chi connectivity index (χ0n) is 11.6. The number of piperidine rings is 1. The van der Waals surface area contributed by atoms with Gasteiger partial charge in [-0.15, -0.1) is 0 Å². The van der Waals surface area contributed by atoms with Gasteiger partial charge in [-0.25, -0.2) is 4.39 Å². The van der Waals surface area contributed by atoms with Crippen molar-refractivity contribution in [3.05, 3.63) is 34.1 Å². The Hall–Kier alpha value is -0.940. The summed E-state index contributed by atoms with van der Waals surface area (Å²) in [4.78, 5) is 14.3. The van der Waals surface area contributed by atoms with Gasteiger partial charge in [0.25, 0.3) is 5.91 Å². The normalized spacial score (nSPS) is 22.9. The van der Waals surface area contributed by atoms with Gasteiger partial charge in [-0.1, -0.05) is 29.3 Å². The van der Waals surface area contributed by atoms with Gasteiger partial charge in [-0.2, -0.15) is 0 Å². The molecule has 0 radical (unpaired) electrons. The molecule has 1 amide bonds. The number of benzene rings is 1. The minimum Gasteiger partial charge on any atom is -0.334 e. The van der Waals surface area contributed by atoms with Crippen LogP contribution in [-0.4, -0.2) is 29.9 Å². The molecule has 3 nitrogen and oxygen atoms in total. The summed E-state index contributed by atoms with van der Waals surface area (Å²) < 4.78 is 14.6. The highest BCUT2D eigenvalue weighted by Gasteiger charge is 2.31. The van der Waals surface area contributed by atoms with Gasteiger partial charge in [0.2, 0.25) is 0 Å². The van der Waals surface area contributed by atoms with E-state index in [4.69, 9.17) is 5.73 Å². The van der Waals surface area contributed by atoms with Gasteiger partial charge >= 0.3 is 0 Å². The number of carbonyl (C=O) groups excluding carboxylic acids is 1. The van der Waals surface area contributed by atoms with Crippen molar-refractivity contribution < 1.29 is 9.18 Å². The van der Waals surface area contributed by atoms with Crippen LogP contribution in [0.15, 0.2) is 22.7 Å². The van der Waals surface area contributed by atoms with E-state index in [2.05, 4.69) is 22.9 Å². The van der Waals surface area contributed by atoms with E-state index < -0.39 is 5.82 Å². The zero-order chi connectivity index (χ0) is 14.7. The van der Waals surface area contributed by atoms with E-state index in [0.29, 0.717) is 23.5 Å². The molecule has 0 bridgehead atoms. The zero-order valence-corrected chi connectivity index (χ0v) is 13.2. The summed E-state index contributed by atoms with van der Waals surface area (Å²) >= 11 is 3.28. The molecule has 1 aliphatic rings. The van der Waals surface area contributed by atoms with Gasteiger partial charge in [0, 0.05) is 23.6 Å². The molecule has 2 N–H and O–H groups in total. The monoisotopic (exact) mass is 342 g/mol. The molecular formula is C15H20BrFN2O. The number of carbonyl (C=O) groups is 1. The second kappa shape index (κ2) is 6.68. The number of hydrogen-bond donors (Lipinski definition) is 1. The predicted octanol–water partition coefficient (Wildman–Crippen LogP) is 3.18. The Labute approximate surface area is 127 Å². The third kappa shape index (κ3) is 3.20. The molecule has 1 aliphatic heterocycles. The van der Waals surface area contributed by atoms with Crippen LogP contribution in [0, 0.1) is 11.7 Å². The van der Waals surface area contributed by atoms with Gasteiger partial charge in [-0.3, -0.25) is 4.79 Å². The number of hydrogen-bond acceptors (Lipinski definition) is 2. The topological polar surface area (TPSA) is 46.3 Å². The molecule has 2 atom stereocenters. The second-order valence-electron chi connectivity index (χ2n) is 5.31. The first-order valence-electron chi connectivity index (χ1n) is 7.02. The predicted molar refractivity (Wildman–Crippen MR) is 81.0 cm³/mol. The van der Waals surface area contributed by atoms with Crippen molar-refractivity contribution in [3.63, 3.8) is 0 Å².